The van der Waals surface area contributed by atoms with Gasteiger partial charge in [0.1, 0.15) is 18.3 Å². The summed E-state index contributed by atoms with van der Waals surface area (Å²) in [6.07, 6.45) is 0. The Morgan fingerprint density at radius 3 is 2.71 bits per heavy atom. The molecule has 0 bridgehead atoms. The monoisotopic (exact) mass is 331 g/mol. The molecule has 0 aliphatic carbocycles. The Morgan fingerprint density at radius 1 is 1.25 bits per heavy atom. The van der Waals surface area contributed by atoms with Crippen molar-refractivity contribution in [2.75, 3.05) is 32.5 Å². The number of H-pyrrole nitrogens is 1. The molecule has 0 atom stereocenters. The van der Waals surface area contributed by atoms with Crippen molar-refractivity contribution in [3.05, 3.63) is 35.3 Å². The largest absolute Gasteiger partial charge is 0.466 e. The normalized spacial score (nSPS) is 14.9. The van der Waals surface area contributed by atoms with Crippen LogP contribution in [0.15, 0.2) is 29.5 Å². The zero-order valence-electron chi connectivity index (χ0n) is 13.6. The van der Waals surface area contributed by atoms with Crippen LogP contribution in [0.1, 0.15) is 5.82 Å². The smallest absolute Gasteiger partial charge is 0.355 e. The van der Waals surface area contributed by atoms with Crippen molar-refractivity contribution in [2.24, 2.45) is 0 Å². The van der Waals surface area contributed by atoms with Crippen LogP contribution in [0.3, 0.4) is 0 Å². The van der Waals surface area contributed by atoms with Gasteiger partial charge in [0, 0.05) is 5.69 Å². The molecule has 2 heterocycles. The Balaban J connectivity index is 2.11. The summed E-state index contributed by atoms with van der Waals surface area (Å²) in [4.78, 5) is 33.3. The number of esters is 2. The molecule has 8 nitrogen and oxygen atoms in total. The number of aromatic amines is 1. The topological polar surface area (TPSA) is 93.8 Å². The number of methoxy groups -OCH3 is 2. The Morgan fingerprint density at radius 2 is 2.00 bits per heavy atom. The second-order valence-electron chi connectivity index (χ2n) is 5.24. The van der Waals surface area contributed by atoms with Crippen molar-refractivity contribution < 1.29 is 23.8 Å². The zero-order valence-corrected chi connectivity index (χ0v) is 13.6. The quantitative estimate of drug-likeness (QED) is 0.846. The molecule has 0 saturated heterocycles. The number of carbonyl (C=O) groups is 2. The molecular weight excluding hydrogens is 314 g/mol. The number of fused-ring (bicyclic) bond motifs is 1. The lowest BCUT2D eigenvalue weighted by atomic mass is 10.1. The zero-order chi connectivity index (χ0) is 17.3. The van der Waals surface area contributed by atoms with E-state index in [0.717, 1.165) is 16.9 Å². The molecule has 0 amide bonds. The Labute approximate surface area is 138 Å². The summed E-state index contributed by atoms with van der Waals surface area (Å²) in [5.41, 5.74) is 2.54. The third-order valence-corrected chi connectivity index (χ3v) is 3.73. The molecule has 1 aromatic carbocycles. The molecule has 3 rings (SSSR count). The summed E-state index contributed by atoms with van der Waals surface area (Å²) in [7, 11) is 2.52. The number of nitrogens with one attached hydrogen (secondary N) is 1. The van der Waals surface area contributed by atoms with Gasteiger partial charge in [0.2, 0.25) is 0 Å². The van der Waals surface area contributed by atoms with E-state index in [-0.39, 0.29) is 24.6 Å². The number of anilines is 1. The van der Waals surface area contributed by atoms with Gasteiger partial charge in [0.25, 0.3) is 0 Å². The maximum Gasteiger partial charge on any atom is 0.355 e. The molecule has 126 valence electrons. The van der Waals surface area contributed by atoms with Crippen LogP contribution in [-0.2, 0) is 23.8 Å². The molecule has 1 aliphatic heterocycles. The predicted octanol–water partition coefficient (Wildman–Crippen LogP) is 1.27. The fourth-order valence-electron chi connectivity index (χ4n) is 2.64. The highest BCUT2D eigenvalue weighted by atomic mass is 16.5. The summed E-state index contributed by atoms with van der Waals surface area (Å²) in [6, 6.07) is 5.46. The number of hydrogen-bond acceptors (Lipinski definition) is 7. The molecule has 0 saturated carbocycles. The number of benzene rings is 1. The van der Waals surface area contributed by atoms with E-state index >= 15 is 0 Å². The van der Waals surface area contributed by atoms with Crippen molar-refractivity contribution in [2.45, 2.75) is 6.92 Å². The maximum absolute atomic E-state index is 12.2. The lowest BCUT2D eigenvalue weighted by Crippen LogP contribution is -2.38. The van der Waals surface area contributed by atoms with E-state index in [1.165, 1.54) is 14.2 Å². The van der Waals surface area contributed by atoms with E-state index in [9.17, 15) is 9.59 Å². The van der Waals surface area contributed by atoms with Gasteiger partial charge in [-0.25, -0.2) is 14.6 Å². The number of imidazole rings is 1. The van der Waals surface area contributed by atoms with Gasteiger partial charge in [0.15, 0.2) is 0 Å². The number of hydrogen-bond donors (Lipinski definition) is 1. The highest BCUT2D eigenvalue weighted by molar-refractivity contribution is 6.03. The number of aromatic nitrogens is 2. The summed E-state index contributed by atoms with van der Waals surface area (Å²) < 4.78 is 15.0. The minimum Gasteiger partial charge on any atom is -0.466 e. The lowest BCUT2D eigenvalue weighted by Gasteiger charge is -2.31. The summed E-state index contributed by atoms with van der Waals surface area (Å²) in [6.45, 7) is 1.96. The summed E-state index contributed by atoms with van der Waals surface area (Å²) in [5, 5.41) is 0. The standard InChI is InChI=1S/C16H17N3O5/c1-9-17-12-5-4-10(6-13(12)18-9)19-8-24-7-11(15(20)22-2)14(19)16(21)23-3/h4-6H,7-8H2,1-3H3,(H,17,18). The van der Waals surface area contributed by atoms with Crippen molar-refractivity contribution in [3.63, 3.8) is 0 Å². The first-order valence-electron chi connectivity index (χ1n) is 7.26. The van der Waals surface area contributed by atoms with E-state index in [2.05, 4.69) is 9.97 Å². The van der Waals surface area contributed by atoms with Crippen LogP contribution in [0.25, 0.3) is 11.0 Å². The number of aryl methyl sites for hydroxylation is 1. The van der Waals surface area contributed by atoms with E-state index in [1.807, 2.05) is 19.1 Å². The molecule has 1 N–H and O–H groups in total. The Hall–Kier alpha value is -2.87. The van der Waals surface area contributed by atoms with E-state index in [1.54, 1.807) is 11.0 Å². The van der Waals surface area contributed by atoms with Gasteiger partial charge in [0.05, 0.1) is 37.4 Å². The highest BCUT2D eigenvalue weighted by Crippen LogP contribution is 2.28. The van der Waals surface area contributed by atoms with Gasteiger partial charge in [-0.3, -0.25) is 0 Å². The number of nitrogens with zero attached hydrogens (tertiary/aromatic N) is 2. The van der Waals surface area contributed by atoms with Crippen molar-refractivity contribution in [3.8, 4) is 0 Å². The number of ether oxygens (including phenoxy) is 3. The first kappa shape index (κ1) is 16.0. The molecule has 0 spiro atoms. The number of rotatable bonds is 3. The van der Waals surface area contributed by atoms with Crippen molar-refractivity contribution >= 4 is 28.7 Å². The second kappa shape index (κ2) is 6.32. The molecule has 0 fully saturated rings. The fourth-order valence-corrected chi connectivity index (χ4v) is 2.64. The van der Waals surface area contributed by atoms with Crippen LogP contribution in [0.2, 0.25) is 0 Å². The summed E-state index contributed by atoms with van der Waals surface area (Å²) >= 11 is 0. The highest BCUT2D eigenvalue weighted by Gasteiger charge is 2.32. The van der Waals surface area contributed by atoms with Gasteiger partial charge in [-0.15, -0.1) is 0 Å². The van der Waals surface area contributed by atoms with Gasteiger partial charge in [-0.2, -0.15) is 0 Å². The fraction of sp³-hybridized carbons (Fsp3) is 0.312. The third kappa shape index (κ3) is 2.71. The van der Waals surface area contributed by atoms with Crippen LogP contribution in [0.5, 0.6) is 0 Å². The van der Waals surface area contributed by atoms with E-state index in [4.69, 9.17) is 14.2 Å². The molecule has 2 aromatic rings. The van der Waals surface area contributed by atoms with Crippen molar-refractivity contribution in [1.82, 2.24) is 9.97 Å². The van der Waals surface area contributed by atoms with E-state index < -0.39 is 11.9 Å². The average molecular weight is 331 g/mol. The molecule has 0 unspecified atom stereocenters. The second-order valence-corrected chi connectivity index (χ2v) is 5.24. The Bertz CT molecular complexity index is 839. The van der Waals surface area contributed by atoms with Gasteiger partial charge in [-0.1, -0.05) is 0 Å². The molecule has 0 radical (unpaired) electrons. The van der Waals surface area contributed by atoms with Crippen LogP contribution >= 0.6 is 0 Å². The number of carbonyl (C=O) groups excluding carboxylic acids is 2. The minimum atomic E-state index is -0.626. The summed E-state index contributed by atoms with van der Waals surface area (Å²) in [5.74, 6) is -0.464. The van der Waals surface area contributed by atoms with Gasteiger partial charge in [-0.05, 0) is 25.1 Å². The Kier molecular flexibility index (Phi) is 4.22. The third-order valence-electron chi connectivity index (χ3n) is 3.73. The first-order valence-corrected chi connectivity index (χ1v) is 7.26. The minimum absolute atomic E-state index is 0.0149. The molecular formula is C16H17N3O5. The van der Waals surface area contributed by atoms with E-state index in [0.29, 0.717) is 5.69 Å². The van der Waals surface area contributed by atoms with Crippen LogP contribution in [0.4, 0.5) is 5.69 Å². The molecule has 1 aliphatic rings. The predicted molar refractivity (Wildman–Crippen MR) is 85.2 cm³/mol. The maximum atomic E-state index is 12.2. The van der Waals surface area contributed by atoms with Crippen molar-refractivity contribution in [1.29, 1.82) is 0 Å². The van der Waals surface area contributed by atoms with Gasteiger partial charge < -0.3 is 24.1 Å². The first-order chi connectivity index (χ1) is 11.5. The van der Waals surface area contributed by atoms with Crippen LogP contribution in [-0.4, -0.2) is 49.5 Å². The molecule has 24 heavy (non-hydrogen) atoms. The lowest BCUT2D eigenvalue weighted by molar-refractivity contribution is -0.140. The molecule has 8 heteroatoms. The molecule has 1 aromatic heterocycles. The SMILES string of the molecule is COC(=O)C1=C(C(=O)OC)N(c2ccc3nc(C)[nH]c3c2)COC1. The average Bonchev–Trinajstić information content (AvgIpc) is 2.98. The van der Waals surface area contributed by atoms with Gasteiger partial charge >= 0.3 is 11.9 Å². The van der Waals surface area contributed by atoms with Crippen LogP contribution < -0.4 is 4.90 Å². The van der Waals surface area contributed by atoms with Crippen LogP contribution in [0, 0.1) is 6.92 Å².